The Morgan fingerprint density at radius 1 is 1.14 bits per heavy atom. The number of para-hydroxylation sites is 1. The second kappa shape index (κ2) is 10.4. The number of carbonyl (C=O) groups is 2. The fourth-order valence-corrected chi connectivity index (χ4v) is 6.05. The quantitative estimate of drug-likeness (QED) is 0.429. The summed E-state index contributed by atoms with van der Waals surface area (Å²) in [5.41, 5.74) is -5.08. The first kappa shape index (κ1) is 30.1. The Labute approximate surface area is 242 Å². The molecule has 1 saturated heterocycles. The molecular formula is C28H28ClF5N2O6. The van der Waals surface area contributed by atoms with Gasteiger partial charge in [0.25, 0.3) is 17.4 Å². The Kier molecular flexibility index (Phi) is 7.49. The van der Waals surface area contributed by atoms with Crippen LogP contribution in [0.15, 0.2) is 36.4 Å². The van der Waals surface area contributed by atoms with Crippen molar-refractivity contribution in [2.45, 2.75) is 43.8 Å². The number of likely N-dealkylation sites (tertiary alicyclic amines) is 1. The minimum absolute atomic E-state index is 0.0475. The maximum Gasteiger partial charge on any atom is 0.586 e. The molecule has 0 radical (unpaired) electrons. The van der Waals surface area contributed by atoms with E-state index in [-0.39, 0.29) is 35.4 Å². The van der Waals surface area contributed by atoms with Gasteiger partial charge in [0.15, 0.2) is 11.5 Å². The molecule has 2 aromatic carbocycles. The molecule has 3 aliphatic rings. The molecule has 5 rings (SSSR count). The highest BCUT2D eigenvalue weighted by Crippen LogP contribution is 2.61. The zero-order valence-electron chi connectivity index (χ0n) is 22.6. The van der Waals surface area contributed by atoms with E-state index in [4.69, 9.17) is 16.3 Å². The predicted molar refractivity (Wildman–Crippen MR) is 139 cm³/mol. The van der Waals surface area contributed by atoms with Gasteiger partial charge in [-0.25, -0.2) is 0 Å². The van der Waals surface area contributed by atoms with Gasteiger partial charge in [-0.2, -0.15) is 13.2 Å². The topological polar surface area (TPSA) is 88.5 Å². The second-order valence-electron chi connectivity index (χ2n) is 11.0. The van der Waals surface area contributed by atoms with E-state index in [9.17, 15) is 36.6 Å². The number of halogens is 6. The van der Waals surface area contributed by atoms with Crippen molar-refractivity contribution in [3.63, 3.8) is 0 Å². The average Bonchev–Trinajstić information content (AvgIpc) is 3.46. The maximum atomic E-state index is 14.3. The summed E-state index contributed by atoms with van der Waals surface area (Å²) in [6.07, 6.45) is -7.47. The molecule has 42 heavy (non-hydrogen) atoms. The molecule has 8 nitrogen and oxygen atoms in total. The van der Waals surface area contributed by atoms with E-state index < -0.39 is 41.0 Å². The SMILES string of the molecule is CN(C)C(=O)c1ccc(OCC[C@@H]2CC23CCN(C(=O)C(O)(c2cccc4c2OC(F)(F)O4)C(F)(F)F)CC3)cc1Cl. The molecular weight excluding hydrogens is 591 g/mol. The Hall–Kier alpha value is -3.32. The number of amides is 2. The van der Waals surface area contributed by atoms with Gasteiger partial charge in [0.05, 0.1) is 17.2 Å². The molecule has 2 fully saturated rings. The Bertz CT molecular complexity index is 1400. The minimum Gasteiger partial charge on any atom is -0.494 e. The second-order valence-corrected chi connectivity index (χ2v) is 11.4. The van der Waals surface area contributed by atoms with E-state index >= 15 is 0 Å². The molecule has 2 aliphatic heterocycles. The normalized spacial score (nSPS) is 21.5. The first-order valence-corrected chi connectivity index (χ1v) is 13.6. The summed E-state index contributed by atoms with van der Waals surface area (Å²) in [4.78, 5) is 27.7. The van der Waals surface area contributed by atoms with Crippen molar-refractivity contribution in [2.75, 3.05) is 33.8 Å². The third-order valence-electron chi connectivity index (χ3n) is 8.26. The van der Waals surface area contributed by atoms with Gasteiger partial charge in [-0.05, 0) is 61.3 Å². The van der Waals surface area contributed by atoms with E-state index in [1.807, 2.05) is 0 Å². The summed E-state index contributed by atoms with van der Waals surface area (Å²) in [6.45, 7) is 0.258. The molecule has 1 unspecified atom stereocenters. The van der Waals surface area contributed by atoms with Gasteiger partial charge in [0, 0.05) is 32.7 Å². The molecule has 1 spiro atoms. The van der Waals surface area contributed by atoms with Crippen molar-refractivity contribution in [3.8, 4) is 17.2 Å². The Balaban J connectivity index is 1.20. The third kappa shape index (κ3) is 5.32. The number of alkyl halides is 5. The van der Waals surface area contributed by atoms with Crippen molar-refractivity contribution < 1.29 is 50.9 Å². The fraction of sp³-hybridized carbons (Fsp3) is 0.500. The number of ether oxygens (including phenoxy) is 3. The number of carbonyl (C=O) groups excluding carboxylic acids is 2. The summed E-state index contributed by atoms with van der Waals surface area (Å²) >= 11 is 6.22. The lowest BCUT2D eigenvalue weighted by Gasteiger charge is -2.39. The third-order valence-corrected chi connectivity index (χ3v) is 8.57. The van der Waals surface area contributed by atoms with Crippen LogP contribution in [-0.2, 0) is 10.4 Å². The number of hydrogen-bond acceptors (Lipinski definition) is 6. The van der Waals surface area contributed by atoms with Gasteiger partial charge < -0.3 is 29.1 Å². The summed E-state index contributed by atoms with van der Waals surface area (Å²) in [6, 6.07) is 7.44. The first-order valence-electron chi connectivity index (χ1n) is 13.2. The molecule has 0 aromatic heterocycles. The van der Waals surface area contributed by atoms with Crippen LogP contribution < -0.4 is 14.2 Å². The number of aliphatic hydroxyl groups is 1. The van der Waals surface area contributed by atoms with Gasteiger partial charge in [-0.15, -0.1) is 8.78 Å². The number of benzene rings is 2. The van der Waals surface area contributed by atoms with E-state index in [1.54, 1.807) is 32.3 Å². The van der Waals surface area contributed by atoms with Crippen LogP contribution in [0.1, 0.15) is 41.6 Å². The highest BCUT2D eigenvalue weighted by molar-refractivity contribution is 6.34. The van der Waals surface area contributed by atoms with Crippen LogP contribution >= 0.6 is 11.6 Å². The van der Waals surface area contributed by atoms with Gasteiger partial charge in [0.1, 0.15) is 5.75 Å². The van der Waals surface area contributed by atoms with Crippen LogP contribution in [0.25, 0.3) is 0 Å². The summed E-state index contributed by atoms with van der Waals surface area (Å²) in [5, 5.41) is 11.1. The molecule has 0 bridgehead atoms. The van der Waals surface area contributed by atoms with Crippen LogP contribution in [-0.4, -0.2) is 73.0 Å². The monoisotopic (exact) mass is 618 g/mol. The van der Waals surface area contributed by atoms with E-state index in [0.717, 1.165) is 29.5 Å². The van der Waals surface area contributed by atoms with Gasteiger partial charge in [-0.3, -0.25) is 9.59 Å². The number of nitrogens with zero attached hydrogens (tertiary/aromatic N) is 2. The van der Waals surface area contributed by atoms with Crippen LogP contribution in [0.2, 0.25) is 5.02 Å². The lowest BCUT2D eigenvalue weighted by atomic mass is 9.86. The average molecular weight is 619 g/mol. The zero-order valence-corrected chi connectivity index (χ0v) is 23.4. The molecule has 2 heterocycles. The van der Waals surface area contributed by atoms with Gasteiger partial charge in [-0.1, -0.05) is 23.7 Å². The summed E-state index contributed by atoms with van der Waals surface area (Å²) in [7, 11) is 3.24. The Morgan fingerprint density at radius 3 is 2.45 bits per heavy atom. The molecule has 2 atom stereocenters. The molecule has 14 heteroatoms. The minimum atomic E-state index is -5.53. The van der Waals surface area contributed by atoms with Crippen molar-refractivity contribution in [3.05, 3.63) is 52.5 Å². The van der Waals surface area contributed by atoms with E-state index in [1.165, 1.54) is 4.90 Å². The molecule has 1 aliphatic carbocycles. The van der Waals surface area contributed by atoms with Crippen LogP contribution in [0, 0.1) is 11.3 Å². The molecule has 1 N–H and O–H groups in total. The van der Waals surface area contributed by atoms with E-state index in [0.29, 0.717) is 37.2 Å². The van der Waals surface area contributed by atoms with Crippen LogP contribution in [0.5, 0.6) is 17.2 Å². The number of hydrogen-bond donors (Lipinski definition) is 1. The molecule has 2 aromatic rings. The van der Waals surface area contributed by atoms with Crippen molar-refractivity contribution in [1.82, 2.24) is 9.80 Å². The maximum absolute atomic E-state index is 14.3. The smallest absolute Gasteiger partial charge is 0.494 e. The Morgan fingerprint density at radius 2 is 1.83 bits per heavy atom. The predicted octanol–water partition coefficient (Wildman–Crippen LogP) is 5.21. The van der Waals surface area contributed by atoms with Crippen molar-refractivity contribution >= 4 is 23.4 Å². The lowest BCUT2D eigenvalue weighted by molar-refractivity contribution is -0.289. The van der Waals surface area contributed by atoms with Crippen LogP contribution in [0.4, 0.5) is 22.0 Å². The highest BCUT2D eigenvalue weighted by Gasteiger charge is 2.65. The molecule has 228 valence electrons. The van der Waals surface area contributed by atoms with E-state index in [2.05, 4.69) is 9.47 Å². The number of piperidine rings is 1. The van der Waals surface area contributed by atoms with Gasteiger partial charge >= 0.3 is 12.5 Å². The van der Waals surface area contributed by atoms with Crippen LogP contribution in [0.3, 0.4) is 0 Å². The van der Waals surface area contributed by atoms with Gasteiger partial charge in [0.2, 0.25) is 0 Å². The highest BCUT2D eigenvalue weighted by atomic mass is 35.5. The van der Waals surface area contributed by atoms with Crippen molar-refractivity contribution in [2.24, 2.45) is 11.3 Å². The lowest BCUT2D eigenvalue weighted by Crippen LogP contribution is -2.57. The fourth-order valence-electron chi connectivity index (χ4n) is 5.80. The standard InChI is InChI=1S/C28H28ClF5N2O6/c1-35(2)23(37)18-7-6-17(14-20(18)29)40-13-8-16-15-25(16)9-11-36(12-10-25)24(38)26(39,27(30,31)32)19-4-3-5-21-22(19)42-28(33,34)41-21/h3-7,14,16,39H,8-13,15H2,1-2H3/t16-,26?/m1/s1. The largest absolute Gasteiger partial charge is 0.586 e. The zero-order chi connectivity index (χ0) is 30.7. The van der Waals surface area contributed by atoms with Crippen molar-refractivity contribution in [1.29, 1.82) is 0 Å². The summed E-state index contributed by atoms with van der Waals surface area (Å²) in [5.74, 6) is -2.92. The first-order chi connectivity index (χ1) is 19.6. The summed E-state index contributed by atoms with van der Waals surface area (Å²) < 4.78 is 84.3. The molecule has 1 saturated carbocycles. The molecule has 2 amide bonds. The number of rotatable bonds is 7. The number of fused-ring (bicyclic) bond motifs is 1.